The molecule has 1 amide bonds. The van der Waals surface area contributed by atoms with Crippen molar-refractivity contribution in [3.8, 4) is 5.75 Å². The van der Waals surface area contributed by atoms with Crippen LogP contribution in [-0.4, -0.2) is 41.5 Å². The van der Waals surface area contributed by atoms with Crippen LogP contribution in [0.5, 0.6) is 5.75 Å². The van der Waals surface area contributed by atoms with Crippen LogP contribution in [0.4, 0.5) is 5.69 Å². The Morgan fingerprint density at radius 2 is 1.82 bits per heavy atom. The summed E-state index contributed by atoms with van der Waals surface area (Å²) in [7, 11) is 0. The third kappa shape index (κ3) is 5.82. The fraction of sp³-hybridized carbons (Fsp3) is 0.364. The van der Waals surface area contributed by atoms with Gasteiger partial charge in [0.25, 0.3) is 0 Å². The second-order valence-electron chi connectivity index (χ2n) is 7.42. The van der Waals surface area contributed by atoms with Crippen molar-refractivity contribution < 1.29 is 19.4 Å². The molecule has 2 atom stereocenters. The predicted molar refractivity (Wildman–Crippen MR) is 107 cm³/mol. The molecule has 2 aromatic rings. The van der Waals surface area contributed by atoms with Crippen LogP contribution in [-0.2, 0) is 16.2 Å². The molecular formula is C22H26N2O4. The van der Waals surface area contributed by atoms with Crippen molar-refractivity contribution in [2.45, 2.75) is 20.0 Å². The van der Waals surface area contributed by atoms with Gasteiger partial charge in [-0.25, -0.2) is 0 Å². The number of carbonyl (C=O) groups is 2. The maximum Gasteiger partial charge on any atom is 0.307 e. The molecule has 1 aliphatic rings. The highest BCUT2D eigenvalue weighted by molar-refractivity contribution is 5.92. The van der Waals surface area contributed by atoms with E-state index in [0.29, 0.717) is 25.3 Å². The normalized spacial score (nSPS) is 19.8. The number of piperidine rings is 1. The maximum absolute atomic E-state index is 12.3. The van der Waals surface area contributed by atoms with Gasteiger partial charge in [0.05, 0.1) is 12.5 Å². The SMILES string of the molecule is CC1CC(C(=O)O)CN(CC(=O)Nc2ccc(OCc3ccccc3)cc2)C1. The third-order valence-electron chi connectivity index (χ3n) is 4.84. The number of carbonyl (C=O) groups excluding carboxylic acids is 1. The fourth-order valence-corrected chi connectivity index (χ4v) is 3.55. The number of nitrogens with zero attached hydrogens (tertiary/aromatic N) is 1. The highest BCUT2D eigenvalue weighted by atomic mass is 16.5. The zero-order valence-corrected chi connectivity index (χ0v) is 16.0. The summed E-state index contributed by atoms with van der Waals surface area (Å²) in [5.41, 5.74) is 1.78. The van der Waals surface area contributed by atoms with Gasteiger partial charge >= 0.3 is 5.97 Å². The number of carboxylic acids is 1. The molecule has 148 valence electrons. The first-order valence-electron chi connectivity index (χ1n) is 9.51. The summed E-state index contributed by atoms with van der Waals surface area (Å²) in [6.45, 7) is 3.86. The quantitative estimate of drug-likeness (QED) is 0.769. The zero-order valence-electron chi connectivity index (χ0n) is 16.0. The van der Waals surface area contributed by atoms with Crippen molar-refractivity contribution in [2.75, 3.05) is 25.0 Å². The van der Waals surface area contributed by atoms with E-state index in [2.05, 4.69) is 5.32 Å². The van der Waals surface area contributed by atoms with Crippen molar-refractivity contribution in [1.29, 1.82) is 0 Å². The number of benzene rings is 2. The van der Waals surface area contributed by atoms with Crippen LogP contribution < -0.4 is 10.1 Å². The number of carboxylic acid groups (broad SMARTS) is 1. The molecule has 3 rings (SSSR count). The molecular weight excluding hydrogens is 356 g/mol. The molecule has 0 radical (unpaired) electrons. The number of aliphatic carboxylic acids is 1. The molecule has 1 heterocycles. The average molecular weight is 382 g/mol. The molecule has 1 fully saturated rings. The van der Waals surface area contributed by atoms with Crippen molar-refractivity contribution in [3.05, 3.63) is 60.2 Å². The van der Waals surface area contributed by atoms with Crippen molar-refractivity contribution in [3.63, 3.8) is 0 Å². The fourth-order valence-electron chi connectivity index (χ4n) is 3.55. The lowest BCUT2D eigenvalue weighted by atomic mass is 9.90. The Morgan fingerprint density at radius 3 is 2.50 bits per heavy atom. The number of nitrogens with one attached hydrogen (secondary N) is 1. The predicted octanol–water partition coefficient (Wildman–Crippen LogP) is 3.25. The molecule has 0 saturated carbocycles. The summed E-state index contributed by atoms with van der Waals surface area (Å²) in [5.74, 6) is -0.337. The summed E-state index contributed by atoms with van der Waals surface area (Å²) >= 11 is 0. The van der Waals surface area contributed by atoms with Gasteiger partial charge in [0.2, 0.25) is 5.91 Å². The van der Waals surface area contributed by atoms with Gasteiger partial charge in [-0.1, -0.05) is 37.3 Å². The molecule has 2 N–H and O–H groups in total. The maximum atomic E-state index is 12.3. The number of likely N-dealkylation sites (tertiary alicyclic amines) is 1. The number of ether oxygens (including phenoxy) is 1. The topological polar surface area (TPSA) is 78.9 Å². The van der Waals surface area contributed by atoms with Gasteiger partial charge in [0.1, 0.15) is 12.4 Å². The lowest BCUT2D eigenvalue weighted by molar-refractivity contribution is -0.144. The summed E-state index contributed by atoms with van der Waals surface area (Å²) in [4.78, 5) is 25.5. The van der Waals surface area contributed by atoms with E-state index in [1.165, 1.54) is 0 Å². The summed E-state index contributed by atoms with van der Waals surface area (Å²) in [6.07, 6.45) is 0.665. The highest BCUT2D eigenvalue weighted by Gasteiger charge is 2.30. The Hall–Kier alpha value is -2.86. The Kier molecular flexibility index (Phi) is 6.66. The first-order chi connectivity index (χ1) is 13.5. The van der Waals surface area contributed by atoms with E-state index >= 15 is 0 Å². The molecule has 28 heavy (non-hydrogen) atoms. The summed E-state index contributed by atoms with van der Waals surface area (Å²) < 4.78 is 5.74. The number of amides is 1. The van der Waals surface area contributed by atoms with Gasteiger partial charge < -0.3 is 15.2 Å². The van der Waals surface area contributed by atoms with Crippen LogP contribution in [0.3, 0.4) is 0 Å². The van der Waals surface area contributed by atoms with E-state index in [9.17, 15) is 14.7 Å². The van der Waals surface area contributed by atoms with Gasteiger partial charge in [-0.05, 0) is 42.2 Å². The largest absolute Gasteiger partial charge is 0.489 e. The van der Waals surface area contributed by atoms with Crippen LogP contribution in [0.2, 0.25) is 0 Å². The Balaban J connectivity index is 1.48. The second-order valence-corrected chi connectivity index (χ2v) is 7.42. The number of hydrogen-bond donors (Lipinski definition) is 2. The van der Waals surface area contributed by atoms with Crippen LogP contribution in [0.25, 0.3) is 0 Å². The number of hydrogen-bond acceptors (Lipinski definition) is 4. The van der Waals surface area contributed by atoms with Gasteiger partial charge in [0.15, 0.2) is 0 Å². The molecule has 0 aromatic heterocycles. The van der Waals surface area contributed by atoms with Crippen molar-refractivity contribution in [1.82, 2.24) is 4.90 Å². The summed E-state index contributed by atoms with van der Waals surface area (Å²) in [5, 5.41) is 12.1. The average Bonchev–Trinajstić information content (AvgIpc) is 2.67. The molecule has 0 spiro atoms. The van der Waals surface area contributed by atoms with E-state index in [1.807, 2.05) is 54.3 Å². The molecule has 0 bridgehead atoms. The van der Waals surface area contributed by atoms with Crippen LogP contribution >= 0.6 is 0 Å². The minimum atomic E-state index is -0.789. The molecule has 0 aliphatic carbocycles. The van der Waals surface area contributed by atoms with Gasteiger partial charge in [-0.3, -0.25) is 14.5 Å². The van der Waals surface area contributed by atoms with Gasteiger partial charge in [0, 0.05) is 18.8 Å². The number of rotatable bonds is 7. The Bertz CT molecular complexity index is 792. The molecule has 1 aliphatic heterocycles. The van der Waals surface area contributed by atoms with E-state index in [0.717, 1.165) is 17.9 Å². The minimum Gasteiger partial charge on any atom is -0.489 e. The molecule has 6 nitrogen and oxygen atoms in total. The van der Waals surface area contributed by atoms with Crippen molar-refractivity contribution >= 4 is 17.6 Å². The second kappa shape index (κ2) is 9.37. The third-order valence-corrected chi connectivity index (χ3v) is 4.84. The standard InChI is InChI=1S/C22H26N2O4/c1-16-11-18(22(26)27)13-24(12-16)14-21(25)23-19-7-9-20(10-8-19)28-15-17-5-3-2-4-6-17/h2-10,16,18H,11-15H2,1H3,(H,23,25)(H,26,27). The Labute approximate surface area is 165 Å². The van der Waals surface area contributed by atoms with E-state index in [1.54, 1.807) is 12.1 Å². The van der Waals surface area contributed by atoms with E-state index < -0.39 is 11.9 Å². The lowest BCUT2D eigenvalue weighted by Crippen LogP contribution is -2.45. The lowest BCUT2D eigenvalue weighted by Gasteiger charge is -2.34. The van der Waals surface area contributed by atoms with E-state index in [4.69, 9.17) is 4.74 Å². The van der Waals surface area contributed by atoms with E-state index in [-0.39, 0.29) is 18.4 Å². The summed E-state index contributed by atoms with van der Waals surface area (Å²) in [6, 6.07) is 17.2. The smallest absolute Gasteiger partial charge is 0.307 e. The molecule has 2 aromatic carbocycles. The van der Waals surface area contributed by atoms with Gasteiger partial charge in [-0.2, -0.15) is 0 Å². The van der Waals surface area contributed by atoms with Gasteiger partial charge in [-0.15, -0.1) is 0 Å². The van der Waals surface area contributed by atoms with Crippen LogP contribution in [0, 0.1) is 11.8 Å². The monoisotopic (exact) mass is 382 g/mol. The first kappa shape index (κ1) is 19.9. The molecule has 1 saturated heterocycles. The Morgan fingerprint density at radius 1 is 1.11 bits per heavy atom. The zero-order chi connectivity index (χ0) is 19.9. The van der Waals surface area contributed by atoms with Crippen LogP contribution in [0.15, 0.2) is 54.6 Å². The molecule has 6 heteroatoms. The minimum absolute atomic E-state index is 0.142. The van der Waals surface area contributed by atoms with Crippen molar-refractivity contribution in [2.24, 2.45) is 11.8 Å². The first-order valence-corrected chi connectivity index (χ1v) is 9.51. The molecule has 2 unspecified atom stereocenters. The number of anilines is 1. The highest BCUT2D eigenvalue weighted by Crippen LogP contribution is 2.22. The van der Waals surface area contributed by atoms with Crippen LogP contribution in [0.1, 0.15) is 18.9 Å².